The summed E-state index contributed by atoms with van der Waals surface area (Å²) in [5.74, 6) is -1.09. The van der Waals surface area contributed by atoms with Gasteiger partial charge in [-0.05, 0) is 70.2 Å². The SMILES string of the molecule is Cc1ccc(S(=O)(=O)N(CC(=O)N(Cc2c(Cl)cccc2Cl)C(C)C(=O)NC(C)C)c2ccc(Cl)c(Cl)c2)cc1. The monoisotopic (exact) mass is 643 g/mol. The third-order valence-electron chi connectivity index (χ3n) is 6.07. The van der Waals surface area contributed by atoms with Crippen LogP contribution in [-0.4, -0.2) is 43.8 Å². The first-order chi connectivity index (χ1) is 18.7. The first-order valence-electron chi connectivity index (χ1n) is 12.3. The lowest BCUT2D eigenvalue weighted by Gasteiger charge is -2.32. The van der Waals surface area contributed by atoms with Gasteiger partial charge in [0, 0.05) is 28.2 Å². The van der Waals surface area contributed by atoms with Crippen LogP contribution in [0.1, 0.15) is 31.9 Å². The standard InChI is InChI=1S/C28H29Cl4N3O4S/c1-17(2)33-28(37)19(4)34(15-22-23(29)6-5-7-24(22)30)27(36)16-35(20-10-13-25(31)26(32)14-20)40(38,39)21-11-8-18(3)9-12-21/h5-14,17,19H,15-16H2,1-4H3,(H,33,37). The van der Waals surface area contributed by atoms with E-state index in [2.05, 4.69) is 5.32 Å². The Balaban J connectivity index is 2.10. The van der Waals surface area contributed by atoms with E-state index in [1.807, 2.05) is 6.92 Å². The maximum atomic E-state index is 14.0. The number of nitrogens with one attached hydrogen (secondary N) is 1. The number of rotatable bonds is 10. The van der Waals surface area contributed by atoms with Crippen molar-refractivity contribution in [3.63, 3.8) is 0 Å². The molecule has 0 bridgehead atoms. The molecule has 0 saturated heterocycles. The van der Waals surface area contributed by atoms with Crippen LogP contribution in [0.25, 0.3) is 0 Å². The Bertz CT molecular complexity index is 1480. The van der Waals surface area contributed by atoms with Crippen LogP contribution in [0.3, 0.4) is 0 Å². The summed E-state index contributed by atoms with van der Waals surface area (Å²) in [6, 6.07) is 14.2. The molecule has 0 aromatic heterocycles. The van der Waals surface area contributed by atoms with Crippen LogP contribution in [0, 0.1) is 6.92 Å². The molecule has 0 radical (unpaired) electrons. The van der Waals surface area contributed by atoms with E-state index < -0.39 is 34.4 Å². The fourth-order valence-corrected chi connectivity index (χ4v) is 6.06. The van der Waals surface area contributed by atoms with Gasteiger partial charge in [0.05, 0.1) is 20.6 Å². The predicted molar refractivity (Wildman–Crippen MR) is 162 cm³/mol. The number of amides is 2. The molecule has 0 aliphatic rings. The number of benzene rings is 3. The molecule has 0 fully saturated rings. The number of hydrogen-bond donors (Lipinski definition) is 1. The fourth-order valence-electron chi connectivity index (χ4n) is 3.85. The minimum atomic E-state index is -4.25. The van der Waals surface area contributed by atoms with Crippen LogP contribution >= 0.6 is 46.4 Å². The van der Waals surface area contributed by atoms with Crippen LogP contribution in [0.2, 0.25) is 20.1 Å². The molecule has 0 aliphatic heterocycles. The molecular formula is C28H29Cl4N3O4S. The van der Waals surface area contributed by atoms with Gasteiger partial charge in [0.1, 0.15) is 12.6 Å². The van der Waals surface area contributed by atoms with Gasteiger partial charge in [-0.25, -0.2) is 8.42 Å². The van der Waals surface area contributed by atoms with Crippen LogP contribution in [0.15, 0.2) is 65.6 Å². The lowest BCUT2D eigenvalue weighted by Crippen LogP contribution is -2.52. The molecule has 1 N–H and O–H groups in total. The van der Waals surface area contributed by atoms with E-state index in [1.165, 1.54) is 35.2 Å². The van der Waals surface area contributed by atoms with Crippen molar-refractivity contribution in [2.45, 2.75) is 51.2 Å². The molecule has 3 rings (SSSR count). The molecule has 0 saturated carbocycles. The Kier molecular flexibility index (Phi) is 10.8. The second kappa shape index (κ2) is 13.4. The maximum absolute atomic E-state index is 14.0. The van der Waals surface area contributed by atoms with E-state index in [9.17, 15) is 18.0 Å². The van der Waals surface area contributed by atoms with Gasteiger partial charge in [0.15, 0.2) is 0 Å². The lowest BCUT2D eigenvalue weighted by atomic mass is 10.1. The maximum Gasteiger partial charge on any atom is 0.264 e. The molecule has 2 amide bonds. The molecule has 1 unspecified atom stereocenters. The Morgan fingerprint density at radius 3 is 2.00 bits per heavy atom. The highest BCUT2D eigenvalue weighted by molar-refractivity contribution is 7.92. The first-order valence-corrected chi connectivity index (χ1v) is 15.2. The first kappa shape index (κ1) is 32.0. The summed E-state index contributed by atoms with van der Waals surface area (Å²) in [4.78, 5) is 28.2. The summed E-state index contributed by atoms with van der Waals surface area (Å²) in [5, 5.41) is 3.72. The smallest absolute Gasteiger partial charge is 0.264 e. The number of aryl methyl sites for hydroxylation is 1. The minimum Gasteiger partial charge on any atom is -0.352 e. The van der Waals surface area contributed by atoms with E-state index in [0.717, 1.165) is 9.87 Å². The highest BCUT2D eigenvalue weighted by atomic mass is 35.5. The van der Waals surface area contributed by atoms with E-state index in [4.69, 9.17) is 46.4 Å². The number of hydrogen-bond acceptors (Lipinski definition) is 4. The molecule has 12 heteroatoms. The van der Waals surface area contributed by atoms with Crippen LogP contribution in [0.4, 0.5) is 5.69 Å². The summed E-state index contributed by atoms with van der Waals surface area (Å²) in [5.41, 5.74) is 1.41. The molecule has 0 spiro atoms. The lowest BCUT2D eigenvalue weighted by molar-refractivity contribution is -0.139. The Morgan fingerprint density at radius 1 is 0.850 bits per heavy atom. The number of carbonyl (C=O) groups is 2. The topological polar surface area (TPSA) is 86.8 Å². The van der Waals surface area contributed by atoms with E-state index in [0.29, 0.717) is 15.6 Å². The van der Waals surface area contributed by atoms with Gasteiger partial charge < -0.3 is 10.2 Å². The number of sulfonamides is 1. The second-order valence-corrected chi connectivity index (χ2v) is 13.0. The van der Waals surface area contributed by atoms with Crippen molar-refractivity contribution in [3.05, 3.63) is 91.9 Å². The van der Waals surface area contributed by atoms with Crippen LogP contribution in [-0.2, 0) is 26.2 Å². The van der Waals surface area contributed by atoms with Crippen molar-refractivity contribution >= 4 is 73.9 Å². The van der Waals surface area contributed by atoms with Gasteiger partial charge >= 0.3 is 0 Å². The van der Waals surface area contributed by atoms with Crippen molar-refractivity contribution < 1.29 is 18.0 Å². The highest BCUT2D eigenvalue weighted by Gasteiger charge is 2.33. The molecule has 3 aromatic carbocycles. The van der Waals surface area contributed by atoms with E-state index >= 15 is 0 Å². The third kappa shape index (κ3) is 7.62. The normalized spacial score (nSPS) is 12.2. The molecule has 214 valence electrons. The Hall–Kier alpha value is -2.49. The van der Waals surface area contributed by atoms with Crippen molar-refractivity contribution in [1.82, 2.24) is 10.2 Å². The summed E-state index contributed by atoms with van der Waals surface area (Å²) >= 11 is 25.1. The molecule has 1 atom stereocenters. The van der Waals surface area contributed by atoms with Crippen molar-refractivity contribution in [3.8, 4) is 0 Å². The van der Waals surface area contributed by atoms with E-state index in [-0.39, 0.29) is 33.2 Å². The second-order valence-electron chi connectivity index (χ2n) is 9.48. The highest BCUT2D eigenvalue weighted by Crippen LogP contribution is 2.32. The summed E-state index contributed by atoms with van der Waals surface area (Å²) in [6.45, 7) is 6.19. The average Bonchev–Trinajstić information content (AvgIpc) is 2.88. The van der Waals surface area contributed by atoms with Crippen LogP contribution < -0.4 is 9.62 Å². The van der Waals surface area contributed by atoms with Gasteiger partial charge in [-0.3, -0.25) is 13.9 Å². The number of halogens is 4. The molecule has 7 nitrogen and oxygen atoms in total. The zero-order chi connectivity index (χ0) is 29.8. The Morgan fingerprint density at radius 2 is 1.45 bits per heavy atom. The van der Waals surface area contributed by atoms with E-state index in [1.54, 1.807) is 51.1 Å². The van der Waals surface area contributed by atoms with Gasteiger partial charge in [-0.2, -0.15) is 0 Å². The van der Waals surface area contributed by atoms with Gasteiger partial charge in [-0.15, -0.1) is 0 Å². The van der Waals surface area contributed by atoms with Gasteiger partial charge in [-0.1, -0.05) is 70.2 Å². The van der Waals surface area contributed by atoms with Gasteiger partial charge in [0.2, 0.25) is 11.8 Å². The summed E-state index contributed by atoms with van der Waals surface area (Å²) in [6.07, 6.45) is 0. The fraction of sp³-hybridized carbons (Fsp3) is 0.286. The molecule has 3 aromatic rings. The van der Waals surface area contributed by atoms with Crippen molar-refractivity contribution in [2.75, 3.05) is 10.8 Å². The quantitative estimate of drug-likeness (QED) is 0.265. The zero-order valence-corrected chi connectivity index (χ0v) is 26.1. The molecular weight excluding hydrogens is 616 g/mol. The van der Waals surface area contributed by atoms with Gasteiger partial charge in [0.25, 0.3) is 10.0 Å². The Labute approximate surface area is 255 Å². The predicted octanol–water partition coefficient (Wildman–Crippen LogP) is 6.75. The molecule has 0 heterocycles. The third-order valence-corrected chi connectivity index (χ3v) is 9.30. The zero-order valence-electron chi connectivity index (χ0n) is 22.3. The molecule has 0 aliphatic carbocycles. The number of carbonyl (C=O) groups excluding carboxylic acids is 2. The summed E-state index contributed by atoms with van der Waals surface area (Å²) in [7, 11) is -4.25. The average molecular weight is 645 g/mol. The number of anilines is 1. The largest absolute Gasteiger partial charge is 0.352 e. The number of nitrogens with zero attached hydrogens (tertiary/aromatic N) is 2. The van der Waals surface area contributed by atoms with Crippen LogP contribution in [0.5, 0.6) is 0 Å². The van der Waals surface area contributed by atoms with Crippen molar-refractivity contribution in [2.24, 2.45) is 0 Å². The summed E-state index contributed by atoms with van der Waals surface area (Å²) < 4.78 is 28.7. The minimum absolute atomic E-state index is 0.0247. The van der Waals surface area contributed by atoms with Crippen molar-refractivity contribution in [1.29, 1.82) is 0 Å². The molecule has 40 heavy (non-hydrogen) atoms.